The number of hydrogen-bond acceptors (Lipinski definition) is 23. The molecule has 3 aliphatic rings. The van der Waals surface area contributed by atoms with Gasteiger partial charge in [0.1, 0.15) is 78.9 Å². The summed E-state index contributed by atoms with van der Waals surface area (Å²) in [5, 5.41) is 46.1. The molecular weight excluding hydrogens is 1330 g/mol. The lowest BCUT2D eigenvalue weighted by molar-refractivity contribution is -0.255. The number of aliphatic hydroxyl groups is 1. The molecule has 0 aliphatic carbocycles. The van der Waals surface area contributed by atoms with Crippen molar-refractivity contribution in [2.45, 2.75) is 196 Å². The Balaban J connectivity index is 1.38. The van der Waals surface area contributed by atoms with Gasteiger partial charge in [-0.15, -0.1) is 0 Å². The number of rotatable bonds is 31. The van der Waals surface area contributed by atoms with E-state index in [9.17, 15) is 63.0 Å². The van der Waals surface area contributed by atoms with Gasteiger partial charge in [0, 0.05) is 42.5 Å². The molecule has 0 spiro atoms. The van der Waals surface area contributed by atoms with Crippen molar-refractivity contribution in [1.29, 1.82) is 0 Å². The third-order valence-corrected chi connectivity index (χ3v) is 18.7. The molecule has 0 saturated carbocycles. The highest BCUT2D eigenvalue weighted by Crippen LogP contribution is 2.28. The number of likely N-dealkylation sites (tertiary alicyclic amines) is 2. The Hall–Kier alpha value is -8.11. The quantitative estimate of drug-likeness (QED) is 0.0201. The fourth-order valence-electron chi connectivity index (χ4n) is 11.3. The molecule has 0 unspecified atom stereocenters. The highest BCUT2D eigenvalue weighted by molar-refractivity contribution is 7.98. The topological polar surface area (TPSA) is 449 Å². The van der Waals surface area contributed by atoms with Gasteiger partial charge >= 0.3 is 5.97 Å². The van der Waals surface area contributed by atoms with Gasteiger partial charge in [0.25, 0.3) is 5.91 Å². The number of ether oxygens (including phenoxy) is 1. The van der Waals surface area contributed by atoms with Crippen LogP contribution in [0.3, 0.4) is 0 Å². The molecular formula is C66H99N13O18S2. The lowest BCUT2D eigenvalue weighted by atomic mass is 10.0. The summed E-state index contributed by atoms with van der Waals surface area (Å²) >= 11 is 2.82. The van der Waals surface area contributed by atoms with E-state index in [4.69, 9.17) is 21.0 Å². The summed E-state index contributed by atoms with van der Waals surface area (Å²) in [6.07, 6.45) is 3.74. The van der Waals surface area contributed by atoms with Gasteiger partial charge in [0.15, 0.2) is 0 Å². The van der Waals surface area contributed by atoms with Crippen molar-refractivity contribution in [3.05, 3.63) is 59.2 Å². The van der Waals surface area contributed by atoms with Crippen molar-refractivity contribution in [2.75, 3.05) is 58.5 Å². The van der Waals surface area contributed by atoms with E-state index < -0.39 is 138 Å². The number of aliphatic hydroxyl groups excluding tert-OH is 1. The maximum Gasteiger partial charge on any atom is 0.344 e. The number of amides is 10. The molecule has 2 bridgehead atoms. The predicted molar refractivity (Wildman–Crippen MR) is 368 cm³/mol. The molecule has 3 aliphatic heterocycles. The number of phenolic OH excluding ortho intramolecular Hbond substituents is 1. The summed E-state index contributed by atoms with van der Waals surface area (Å²) in [4.78, 5) is 182. The van der Waals surface area contributed by atoms with Crippen molar-refractivity contribution in [3.63, 3.8) is 0 Å². The third-order valence-electron chi connectivity index (χ3n) is 16.5. The second kappa shape index (κ2) is 42.8. The molecule has 5 rings (SSSR count). The number of aldehydes is 1. The number of hydrogen-bond donors (Lipinski definition) is 12. The van der Waals surface area contributed by atoms with Crippen molar-refractivity contribution >= 4 is 101 Å². The van der Waals surface area contributed by atoms with Crippen LogP contribution < -0.4 is 58.7 Å². The molecule has 0 radical (unpaired) electrons. The summed E-state index contributed by atoms with van der Waals surface area (Å²) in [6, 6.07) is -1.02. The smallest absolute Gasteiger partial charge is 0.344 e. The Morgan fingerprint density at radius 1 is 0.798 bits per heavy atom. The zero-order valence-electron chi connectivity index (χ0n) is 57.1. The summed E-state index contributed by atoms with van der Waals surface area (Å²) in [5.41, 5.74) is 13.7. The van der Waals surface area contributed by atoms with Crippen molar-refractivity contribution in [2.24, 2.45) is 22.5 Å². The fraction of sp³-hybridized carbons (Fsp3) is 0.621. The van der Waals surface area contributed by atoms with Crippen molar-refractivity contribution < 1.29 is 87.1 Å². The lowest BCUT2D eigenvalue weighted by Gasteiger charge is -2.32. The summed E-state index contributed by atoms with van der Waals surface area (Å²) in [6.45, 7) is 7.14. The van der Waals surface area contributed by atoms with Gasteiger partial charge < -0.3 is 88.4 Å². The molecule has 3 heterocycles. The van der Waals surface area contributed by atoms with Crippen LogP contribution in [0, 0.1) is 5.92 Å². The monoisotopic (exact) mass is 1430 g/mol. The third kappa shape index (κ3) is 27.5. The number of primary amides is 1. The number of nitrogens with one attached hydrogen (secondary N) is 8. The molecule has 2 fully saturated rings. The molecule has 548 valence electrons. The molecule has 99 heavy (non-hydrogen) atoms. The maximum absolute atomic E-state index is 15.1. The SMILES string of the molecule is CN[C@@H](CSCc1cc2cc(c1)OCCCCCCO/N=C/C(=O)N[C@@H](CCCCN)C(=O)N[C@H](C(=O)N1CCC[C@H]1C(=O)N[C@@H](CC(C)C)C(=O)N[C@@H](CC(=O)OOC)C(=O)N[C@H](C(=O)N1CCC[C@H]1C(=O)N[C@@H](Cc1ccc(O)cc1)C(=O)N[C@@H](C)C=O)[C@@H](C)O)CSC2)C(N)=O. The molecule has 2 aromatic rings. The van der Waals surface area contributed by atoms with Crippen LogP contribution in [0.4, 0.5) is 0 Å². The number of nitrogens with zero attached hydrogens (tertiary/aromatic N) is 3. The molecule has 31 nitrogen and oxygen atoms in total. The molecule has 2 aromatic carbocycles. The number of likely N-dealkylation sites (N-methyl/N-ethyl adjacent to an activating group) is 1. The first-order valence-corrected chi connectivity index (χ1v) is 35.8. The Morgan fingerprint density at radius 2 is 1.45 bits per heavy atom. The number of carbonyl (C=O) groups is 12. The number of benzene rings is 2. The first-order chi connectivity index (χ1) is 47.4. The van der Waals surface area contributed by atoms with E-state index >= 15 is 4.79 Å². The van der Waals surface area contributed by atoms with Crippen LogP contribution in [-0.4, -0.2) is 223 Å². The molecule has 2 saturated heterocycles. The Labute approximate surface area is 585 Å². The largest absolute Gasteiger partial charge is 0.508 e. The highest BCUT2D eigenvalue weighted by Gasteiger charge is 2.43. The number of fused-ring (bicyclic) bond motifs is 2. The zero-order chi connectivity index (χ0) is 72.6. The van der Waals surface area contributed by atoms with Gasteiger partial charge in [-0.2, -0.15) is 28.4 Å². The number of carbonyl (C=O) groups excluding carboxylic acids is 12. The van der Waals surface area contributed by atoms with Crippen molar-refractivity contribution in [1.82, 2.24) is 52.3 Å². The van der Waals surface area contributed by atoms with E-state index in [2.05, 4.69) is 57.5 Å². The van der Waals surface area contributed by atoms with Crippen LogP contribution in [0.1, 0.15) is 128 Å². The minimum Gasteiger partial charge on any atom is -0.508 e. The van der Waals surface area contributed by atoms with Crippen LogP contribution in [0.2, 0.25) is 0 Å². The highest BCUT2D eigenvalue weighted by atomic mass is 32.2. The van der Waals surface area contributed by atoms with Gasteiger partial charge in [0.05, 0.1) is 38.3 Å². The van der Waals surface area contributed by atoms with Gasteiger partial charge in [-0.3, -0.25) is 52.8 Å². The zero-order valence-corrected chi connectivity index (χ0v) is 58.8. The molecule has 11 atom stereocenters. The predicted octanol–water partition coefficient (Wildman–Crippen LogP) is -0.225. The van der Waals surface area contributed by atoms with Gasteiger partial charge in [-0.05, 0) is 151 Å². The standard InChI is InChI=1S/C66H99N13O18S2/c1-39(2)27-48(61(88)73-50(32-56(84)97-94-6)62(89)77-57(41(4)81)66(93)79-24-14-17-54(79)64(91)75-49(60(87)71-40(3)34-80)31-42-18-20-45(82)21-19-42)74-63(90)53-16-13-23-78(53)65(92)52-38-99-36-44-28-43(35-98-37-51(69-5)58(68)85)29-46(30-44)95-25-11-7-8-12-26-96-70-33-55(83)72-47(59(86)76-52)15-9-10-22-67/h18-21,28-30,33-34,39-41,47-54,57,69,81-82H,7-17,22-27,31-32,35-38,67H2,1-6H3,(H2,68,85)(H,71,87)(H,72,83)(H,73,88)(H,74,90)(H,75,91)(H,76,86)(H,77,89)/b70-33+/t40-,41+,47-,48-,49-,50-,51-,52-,53-,54-,57-/m0/s1. The molecule has 0 aromatic heterocycles. The minimum absolute atomic E-state index is 0.0260. The van der Waals surface area contributed by atoms with Crippen LogP contribution in [0.15, 0.2) is 47.6 Å². The first-order valence-electron chi connectivity index (χ1n) is 33.5. The Morgan fingerprint density at radius 3 is 2.10 bits per heavy atom. The molecule has 14 N–H and O–H groups in total. The average molecular weight is 1430 g/mol. The average Bonchev–Trinajstić information content (AvgIpc) is 1.76. The number of phenols is 1. The second-order valence-corrected chi connectivity index (χ2v) is 27.1. The first kappa shape index (κ1) is 81.6. The van der Waals surface area contributed by atoms with E-state index in [-0.39, 0.29) is 75.6 Å². The lowest BCUT2D eigenvalue weighted by Crippen LogP contribution is -2.62. The number of oxime groups is 1. The van der Waals surface area contributed by atoms with E-state index in [0.29, 0.717) is 73.7 Å². The fourth-order valence-corrected chi connectivity index (χ4v) is 13.4. The Bertz CT molecular complexity index is 3080. The molecule has 10 amide bonds. The summed E-state index contributed by atoms with van der Waals surface area (Å²) < 4.78 is 6.25. The van der Waals surface area contributed by atoms with E-state index in [1.165, 1.54) is 66.5 Å². The van der Waals surface area contributed by atoms with Gasteiger partial charge in [0.2, 0.25) is 53.2 Å². The maximum atomic E-state index is 15.1. The number of nitrogens with two attached hydrogens (primary N) is 2. The van der Waals surface area contributed by atoms with Crippen LogP contribution >= 0.6 is 23.5 Å². The summed E-state index contributed by atoms with van der Waals surface area (Å²) in [5.74, 6) is -7.53. The minimum atomic E-state index is -1.86. The number of aromatic hydroxyl groups is 1. The number of unbranched alkanes of at least 4 members (excludes halogenated alkanes) is 1. The van der Waals surface area contributed by atoms with E-state index in [1.807, 2.05) is 18.2 Å². The van der Waals surface area contributed by atoms with E-state index in [1.54, 1.807) is 20.9 Å². The van der Waals surface area contributed by atoms with Crippen LogP contribution in [-0.2, 0) is 90.1 Å². The second-order valence-electron chi connectivity index (χ2n) is 25.0. The van der Waals surface area contributed by atoms with E-state index in [0.717, 1.165) is 48.6 Å². The van der Waals surface area contributed by atoms with Gasteiger partial charge in [-0.25, -0.2) is 4.79 Å². The normalized spacial score (nSPS) is 20.5. The molecule has 33 heteroatoms. The van der Waals surface area contributed by atoms with Crippen LogP contribution in [0.5, 0.6) is 11.5 Å². The number of thioether (sulfide) groups is 2. The van der Waals surface area contributed by atoms with Crippen LogP contribution in [0.25, 0.3) is 0 Å². The van der Waals surface area contributed by atoms with Gasteiger partial charge in [-0.1, -0.05) is 37.2 Å². The Kier molecular flexibility index (Phi) is 35.2. The van der Waals surface area contributed by atoms with Crippen molar-refractivity contribution in [3.8, 4) is 11.5 Å². The summed E-state index contributed by atoms with van der Waals surface area (Å²) in [7, 11) is 2.68.